The second-order valence-electron chi connectivity index (χ2n) is 7.88. The quantitative estimate of drug-likeness (QED) is 0.683. The lowest BCUT2D eigenvalue weighted by Gasteiger charge is -2.35. The van der Waals surface area contributed by atoms with Crippen molar-refractivity contribution >= 4 is 0 Å². The summed E-state index contributed by atoms with van der Waals surface area (Å²) in [6.45, 7) is 15.5. The van der Waals surface area contributed by atoms with Gasteiger partial charge in [-0.3, -0.25) is 0 Å². The van der Waals surface area contributed by atoms with Gasteiger partial charge in [0.05, 0.1) is 0 Å². The molecule has 102 valence electrons. The van der Waals surface area contributed by atoms with E-state index in [2.05, 4.69) is 46.9 Å². The van der Waals surface area contributed by atoms with Gasteiger partial charge in [-0.2, -0.15) is 0 Å². The lowest BCUT2D eigenvalue weighted by atomic mass is 9.73. The van der Waals surface area contributed by atoms with E-state index in [1.54, 1.807) is 0 Å². The van der Waals surface area contributed by atoms with Crippen LogP contribution < -0.4 is 5.32 Å². The zero-order valence-electron chi connectivity index (χ0n) is 12.9. The molecular weight excluding hydrogens is 206 g/mol. The van der Waals surface area contributed by atoms with Crippen LogP contribution in [0.1, 0.15) is 73.6 Å². The Bertz CT molecular complexity index is 222. The van der Waals surface area contributed by atoms with Gasteiger partial charge in [0, 0.05) is 12.6 Å². The van der Waals surface area contributed by atoms with E-state index >= 15 is 0 Å². The molecule has 1 heteroatoms. The van der Waals surface area contributed by atoms with Crippen molar-refractivity contribution in [3.8, 4) is 0 Å². The fourth-order valence-corrected chi connectivity index (χ4v) is 2.27. The van der Waals surface area contributed by atoms with Crippen molar-refractivity contribution in [3.63, 3.8) is 0 Å². The fourth-order valence-electron chi connectivity index (χ4n) is 2.27. The van der Waals surface area contributed by atoms with E-state index in [4.69, 9.17) is 0 Å². The standard InChI is InChI=1S/C16H33N/c1-13(2)16(6,12-17-14-8-9-14)11-7-10-15(3,4)5/h13-14,17H,7-12H2,1-6H3. The normalized spacial score (nSPS) is 20.6. The molecule has 1 unspecified atom stereocenters. The minimum Gasteiger partial charge on any atom is -0.313 e. The maximum Gasteiger partial charge on any atom is 0.00684 e. The second kappa shape index (κ2) is 5.73. The van der Waals surface area contributed by atoms with Crippen molar-refractivity contribution in [2.45, 2.75) is 79.7 Å². The van der Waals surface area contributed by atoms with Gasteiger partial charge < -0.3 is 5.32 Å². The average molecular weight is 239 g/mol. The van der Waals surface area contributed by atoms with Crippen LogP contribution in [0.4, 0.5) is 0 Å². The Kier molecular flexibility index (Phi) is 5.07. The van der Waals surface area contributed by atoms with Crippen molar-refractivity contribution < 1.29 is 0 Å². The van der Waals surface area contributed by atoms with Gasteiger partial charge in [0.1, 0.15) is 0 Å². The van der Waals surface area contributed by atoms with Crippen LogP contribution in [0.3, 0.4) is 0 Å². The van der Waals surface area contributed by atoms with E-state index in [1.165, 1.54) is 38.6 Å². The molecule has 0 aromatic carbocycles. The zero-order valence-corrected chi connectivity index (χ0v) is 12.9. The molecule has 0 aromatic rings. The Morgan fingerprint density at radius 1 is 1.06 bits per heavy atom. The maximum atomic E-state index is 3.73. The molecule has 0 bridgehead atoms. The molecule has 0 saturated heterocycles. The van der Waals surface area contributed by atoms with Crippen molar-refractivity contribution in [1.82, 2.24) is 5.32 Å². The lowest BCUT2D eigenvalue weighted by molar-refractivity contribution is 0.175. The van der Waals surface area contributed by atoms with E-state index in [-0.39, 0.29) is 0 Å². The molecule has 1 atom stereocenters. The lowest BCUT2D eigenvalue weighted by Crippen LogP contribution is -2.37. The van der Waals surface area contributed by atoms with E-state index in [0.29, 0.717) is 10.8 Å². The first kappa shape index (κ1) is 15.0. The van der Waals surface area contributed by atoms with Crippen molar-refractivity contribution in [2.24, 2.45) is 16.7 Å². The van der Waals surface area contributed by atoms with Crippen LogP contribution in [0.15, 0.2) is 0 Å². The topological polar surface area (TPSA) is 12.0 Å². The van der Waals surface area contributed by atoms with Gasteiger partial charge in [0.25, 0.3) is 0 Å². The van der Waals surface area contributed by atoms with Crippen LogP contribution in [-0.2, 0) is 0 Å². The second-order valence-corrected chi connectivity index (χ2v) is 7.88. The Labute approximate surface area is 109 Å². The summed E-state index contributed by atoms with van der Waals surface area (Å²) in [6.07, 6.45) is 6.87. The van der Waals surface area contributed by atoms with Crippen LogP contribution in [0.25, 0.3) is 0 Å². The van der Waals surface area contributed by atoms with E-state index in [1.807, 2.05) is 0 Å². The highest BCUT2D eigenvalue weighted by Crippen LogP contribution is 2.35. The third-order valence-electron chi connectivity index (χ3n) is 4.44. The molecule has 0 aliphatic heterocycles. The van der Waals surface area contributed by atoms with Gasteiger partial charge in [-0.05, 0) is 42.4 Å². The van der Waals surface area contributed by atoms with Crippen molar-refractivity contribution in [3.05, 3.63) is 0 Å². The summed E-state index contributed by atoms with van der Waals surface area (Å²) in [5.74, 6) is 0.772. The minimum absolute atomic E-state index is 0.480. The van der Waals surface area contributed by atoms with Crippen LogP contribution in [0.5, 0.6) is 0 Å². The first-order chi connectivity index (χ1) is 7.73. The SMILES string of the molecule is CC(C)C(C)(CCCC(C)(C)C)CNC1CC1. The number of rotatable bonds is 7. The highest BCUT2D eigenvalue weighted by Gasteiger charge is 2.31. The smallest absolute Gasteiger partial charge is 0.00684 e. The minimum atomic E-state index is 0.480. The number of hydrogen-bond donors (Lipinski definition) is 1. The molecule has 1 saturated carbocycles. The highest BCUT2D eigenvalue weighted by molar-refractivity contribution is 4.87. The van der Waals surface area contributed by atoms with Crippen LogP contribution in [0.2, 0.25) is 0 Å². The molecule has 1 fully saturated rings. The number of nitrogens with one attached hydrogen (secondary N) is 1. The Morgan fingerprint density at radius 2 is 1.65 bits per heavy atom. The molecule has 0 spiro atoms. The molecule has 1 aliphatic rings. The van der Waals surface area contributed by atoms with Gasteiger partial charge in [-0.25, -0.2) is 0 Å². The van der Waals surface area contributed by atoms with Gasteiger partial charge in [-0.1, -0.05) is 48.0 Å². The molecule has 1 N–H and O–H groups in total. The average Bonchev–Trinajstić information content (AvgIpc) is 2.95. The maximum absolute atomic E-state index is 3.73. The third kappa shape index (κ3) is 5.90. The predicted octanol–water partition coefficient (Wildman–Crippen LogP) is 4.62. The van der Waals surface area contributed by atoms with Gasteiger partial charge in [0.2, 0.25) is 0 Å². The van der Waals surface area contributed by atoms with Crippen molar-refractivity contribution in [1.29, 1.82) is 0 Å². The molecule has 0 amide bonds. The van der Waals surface area contributed by atoms with Gasteiger partial charge >= 0.3 is 0 Å². The molecule has 1 aliphatic carbocycles. The summed E-state index contributed by atoms with van der Waals surface area (Å²) in [7, 11) is 0. The molecule has 1 rings (SSSR count). The first-order valence-corrected chi connectivity index (χ1v) is 7.46. The largest absolute Gasteiger partial charge is 0.313 e. The third-order valence-corrected chi connectivity index (χ3v) is 4.44. The molecule has 1 nitrogen and oxygen atoms in total. The molecule has 17 heavy (non-hydrogen) atoms. The summed E-state index contributed by atoms with van der Waals surface area (Å²) in [6, 6.07) is 0.843. The molecule has 0 heterocycles. The first-order valence-electron chi connectivity index (χ1n) is 7.46. The van der Waals surface area contributed by atoms with E-state index in [9.17, 15) is 0 Å². The van der Waals surface area contributed by atoms with Crippen LogP contribution in [-0.4, -0.2) is 12.6 Å². The Morgan fingerprint density at radius 3 is 2.06 bits per heavy atom. The summed E-state index contributed by atoms with van der Waals surface area (Å²) in [4.78, 5) is 0. The Hall–Kier alpha value is -0.0400. The summed E-state index contributed by atoms with van der Waals surface area (Å²) >= 11 is 0. The number of hydrogen-bond acceptors (Lipinski definition) is 1. The Balaban J connectivity index is 2.34. The molecular formula is C16H33N. The monoisotopic (exact) mass is 239 g/mol. The van der Waals surface area contributed by atoms with E-state index in [0.717, 1.165) is 12.0 Å². The predicted molar refractivity (Wildman–Crippen MR) is 77.3 cm³/mol. The zero-order chi connectivity index (χ0) is 13.1. The summed E-state index contributed by atoms with van der Waals surface area (Å²) in [5, 5.41) is 3.73. The van der Waals surface area contributed by atoms with Gasteiger partial charge in [-0.15, -0.1) is 0 Å². The van der Waals surface area contributed by atoms with Crippen LogP contribution in [0, 0.1) is 16.7 Å². The molecule has 0 aromatic heterocycles. The van der Waals surface area contributed by atoms with Gasteiger partial charge in [0.15, 0.2) is 0 Å². The summed E-state index contributed by atoms with van der Waals surface area (Å²) < 4.78 is 0. The summed E-state index contributed by atoms with van der Waals surface area (Å²) in [5.41, 5.74) is 0.968. The highest BCUT2D eigenvalue weighted by atomic mass is 15.0. The van der Waals surface area contributed by atoms with Crippen LogP contribution >= 0.6 is 0 Å². The van der Waals surface area contributed by atoms with E-state index < -0.39 is 0 Å². The van der Waals surface area contributed by atoms with Crippen molar-refractivity contribution in [2.75, 3.05) is 6.54 Å². The molecule has 0 radical (unpaired) electrons. The fraction of sp³-hybridized carbons (Fsp3) is 1.00.